The van der Waals surface area contributed by atoms with Gasteiger partial charge in [0.05, 0.1) is 0 Å². The average molecular weight is 276 g/mol. The zero-order chi connectivity index (χ0) is 14.4. The fourth-order valence-electron chi connectivity index (χ4n) is 2.62. The number of nitrogens with one attached hydrogen (secondary N) is 1. The molecule has 0 saturated heterocycles. The molecule has 1 atom stereocenters. The van der Waals surface area contributed by atoms with Crippen molar-refractivity contribution in [2.24, 2.45) is 5.73 Å². The molecule has 1 amide bonds. The summed E-state index contributed by atoms with van der Waals surface area (Å²) in [6.45, 7) is 2.10. The minimum absolute atomic E-state index is 0.0447. The van der Waals surface area contributed by atoms with Crippen LogP contribution >= 0.6 is 0 Å². The van der Waals surface area contributed by atoms with Crippen LogP contribution in [0.2, 0.25) is 0 Å². The Morgan fingerprint density at radius 2 is 2.10 bits per heavy atom. The monoisotopic (exact) mass is 276 g/mol. The quantitative estimate of drug-likeness (QED) is 0.839. The molecule has 1 aliphatic carbocycles. The maximum absolute atomic E-state index is 11.9. The molecule has 4 nitrogen and oxygen atoms in total. The highest BCUT2D eigenvalue weighted by Crippen LogP contribution is 2.25. The molecule has 20 heavy (non-hydrogen) atoms. The molecular weight excluding hydrogens is 252 g/mol. The Balaban J connectivity index is 1.88. The molecule has 0 aromatic heterocycles. The van der Waals surface area contributed by atoms with Crippen LogP contribution in [0.1, 0.15) is 50.6 Å². The Hall–Kier alpha value is -1.55. The SMILES string of the molecule is CCC(N)c1ccccc1OCC(=O)NC1CCCC1. The first kappa shape index (κ1) is 14.9. The number of carbonyl (C=O) groups is 1. The molecule has 2 rings (SSSR count). The molecule has 1 unspecified atom stereocenters. The lowest BCUT2D eigenvalue weighted by atomic mass is 10.0. The van der Waals surface area contributed by atoms with Gasteiger partial charge < -0.3 is 15.8 Å². The normalized spacial score (nSPS) is 16.9. The van der Waals surface area contributed by atoms with Crippen molar-refractivity contribution in [3.8, 4) is 5.75 Å². The van der Waals surface area contributed by atoms with Crippen LogP contribution in [-0.4, -0.2) is 18.6 Å². The van der Waals surface area contributed by atoms with Gasteiger partial charge in [-0.1, -0.05) is 38.0 Å². The van der Waals surface area contributed by atoms with E-state index in [-0.39, 0.29) is 18.6 Å². The Morgan fingerprint density at radius 1 is 1.40 bits per heavy atom. The van der Waals surface area contributed by atoms with E-state index in [0.29, 0.717) is 11.8 Å². The molecule has 1 saturated carbocycles. The Labute approximate surface area is 120 Å². The molecule has 110 valence electrons. The maximum Gasteiger partial charge on any atom is 0.258 e. The summed E-state index contributed by atoms with van der Waals surface area (Å²) in [5.74, 6) is 0.667. The number of hydrogen-bond donors (Lipinski definition) is 2. The second kappa shape index (κ2) is 7.29. The van der Waals surface area contributed by atoms with Crippen molar-refractivity contribution in [3.05, 3.63) is 29.8 Å². The van der Waals surface area contributed by atoms with Gasteiger partial charge in [-0.2, -0.15) is 0 Å². The van der Waals surface area contributed by atoms with Crippen molar-refractivity contribution in [1.82, 2.24) is 5.32 Å². The van der Waals surface area contributed by atoms with Crippen molar-refractivity contribution in [2.45, 2.75) is 51.1 Å². The maximum atomic E-state index is 11.9. The third kappa shape index (κ3) is 3.97. The van der Waals surface area contributed by atoms with Crippen LogP contribution in [0.3, 0.4) is 0 Å². The van der Waals surface area contributed by atoms with Crippen molar-refractivity contribution in [3.63, 3.8) is 0 Å². The lowest BCUT2D eigenvalue weighted by Crippen LogP contribution is -2.36. The van der Waals surface area contributed by atoms with Crippen molar-refractivity contribution in [2.75, 3.05) is 6.61 Å². The van der Waals surface area contributed by atoms with E-state index >= 15 is 0 Å². The molecular formula is C16H24N2O2. The highest BCUT2D eigenvalue weighted by Gasteiger charge is 2.17. The highest BCUT2D eigenvalue weighted by molar-refractivity contribution is 5.77. The topological polar surface area (TPSA) is 64.3 Å². The fraction of sp³-hybridized carbons (Fsp3) is 0.562. The van der Waals surface area contributed by atoms with E-state index < -0.39 is 0 Å². The first-order valence-corrected chi connectivity index (χ1v) is 7.47. The van der Waals surface area contributed by atoms with Gasteiger partial charge in [-0.05, 0) is 25.3 Å². The van der Waals surface area contributed by atoms with Crippen molar-refractivity contribution >= 4 is 5.91 Å². The molecule has 3 N–H and O–H groups in total. The minimum atomic E-state index is -0.0518. The standard InChI is InChI=1S/C16H24N2O2/c1-2-14(17)13-9-5-6-10-15(13)20-11-16(19)18-12-7-3-4-8-12/h5-6,9-10,12,14H,2-4,7-8,11,17H2,1H3,(H,18,19). The lowest BCUT2D eigenvalue weighted by Gasteiger charge is -2.16. The first-order valence-electron chi connectivity index (χ1n) is 7.47. The number of ether oxygens (including phenoxy) is 1. The number of para-hydroxylation sites is 1. The van der Waals surface area contributed by atoms with Crippen molar-refractivity contribution in [1.29, 1.82) is 0 Å². The van der Waals surface area contributed by atoms with Gasteiger partial charge in [0.15, 0.2) is 6.61 Å². The van der Waals surface area contributed by atoms with E-state index in [9.17, 15) is 4.79 Å². The summed E-state index contributed by atoms with van der Waals surface area (Å²) in [5.41, 5.74) is 7.01. The number of amides is 1. The van der Waals surface area contributed by atoms with E-state index in [1.807, 2.05) is 31.2 Å². The van der Waals surface area contributed by atoms with Gasteiger partial charge in [0.25, 0.3) is 5.91 Å². The zero-order valence-corrected chi connectivity index (χ0v) is 12.1. The van der Waals surface area contributed by atoms with E-state index in [1.165, 1.54) is 12.8 Å². The largest absolute Gasteiger partial charge is 0.483 e. The number of carbonyl (C=O) groups excluding carboxylic acids is 1. The summed E-state index contributed by atoms with van der Waals surface area (Å²) in [6, 6.07) is 7.95. The summed E-state index contributed by atoms with van der Waals surface area (Å²) < 4.78 is 5.64. The molecule has 0 heterocycles. The van der Waals surface area contributed by atoms with Gasteiger partial charge in [0.1, 0.15) is 5.75 Å². The Morgan fingerprint density at radius 3 is 2.80 bits per heavy atom. The van der Waals surface area contributed by atoms with Crippen LogP contribution in [0.5, 0.6) is 5.75 Å². The zero-order valence-electron chi connectivity index (χ0n) is 12.1. The number of hydrogen-bond acceptors (Lipinski definition) is 3. The molecule has 1 fully saturated rings. The van der Waals surface area contributed by atoms with Gasteiger partial charge in [0.2, 0.25) is 0 Å². The van der Waals surface area contributed by atoms with Crippen LogP contribution in [0.4, 0.5) is 0 Å². The second-order valence-corrected chi connectivity index (χ2v) is 5.39. The smallest absolute Gasteiger partial charge is 0.258 e. The third-order valence-corrected chi connectivity index (χ3v) is 3.84. The second-order valence-electron chi connectivity index (χ2n) is 5.39. The molecule has 1 aliphatic rings. The summed E-state index contributed by atoms with van der Waals surface area (Å²) in [6.07, 6.45) is 5.43. The molecule has 0 radical (unpaired) electrons. The van der Waals surface area contributed by atoms with E-state index in [4.69, 9.17) is 10.5 Å². The summed E-state index contributed by atoms with van der Waals surface area (Å²) >= 11 is 0. The van der Waals surface area contributed by atoms with E-state index in [1.54, 1.807) is 0 Å². The predicted octanol–water partition coefficient (Wildman–Crippen LogP) is 2.53. The first-order chi connectivity index (χ1) is 9.70. The van der Waals surface area contributed by atoms with Gasteiger partial charge in [0, 0.05) is 17.6 Å². The molecule has 1 aromatic carbocycles. The van der Waals surface area contributed by atoms with Crippen LogP contribution in [0.25, 0.3) is 0 Å². The van der Waals surface area contributed by atoms with E-state index in [0.717, 1.165) is 24.8 Å². The van der Waals surface area contributed by atoms with Gasteiger partial charge >= 0.3 is 0 Å². The van der Waals surface area contributed by atoms with Crippen LogP contribution < -0.4 is 15.8 Å². The third-order valence-electron chi connectivity index (χ3n) is 3.84. The fourth-order valence-corrected chi connectivity index (χ4v) is 2.62. The summed E-state index contributed by atoms with van der Waals surface area (Å²) in [5, 5.41) is 3.02. The average Bonchev–Trinajstić information content (AvgIpc) is 2.97. The van der Waals surface area contributed by atoms with Gasteiger partial charge in [-0.25, -0.2) is 0 Å². The summed E-state index contributed by atoms with van der Waals surface area (Å²) in [4.78, 5) is 11.9. The lowest BCUT2D eigenvalue weighted by molar-refractivity contribution is -0.123. The molecule has 4 heteroatoms. The number of nitrogens with two attached hydrogens (primary N) is 1. The predicted molar refractivity (Wildman–Crippen MR) is 79.6 cm³/mol. The summed E-state index contributed by atoms with van der Waals surface area (Å²) in [7, 11) is 0. The van der Waals surface area contributed by atoms with Crippen molar-refractivity contribution < 1.29 is 9.53 Å². The highest BCUT2D eigenvalue weighted by atomic mass is 16.5. The van der Waals surface area contributed by atoms with Crippen LogP contribution in [0, 0.1) is 0 Å². The van der Waals surface area contributed by atoms with E-state index in [2.05, 4.69) is 5.32 Å². The van der Waals surface area contributed by atoms with Crippen LogP contribution in [0.15, 0.2) is 24.3 Å². The Kier molecular flexibility index (Phi) is 5.41. The van der Waals surface area contributed by atoms with Gasteiger partial charge in [-0.3, -0.25) is 4.79 Å². The van der Waals surface area contributed by atoms with Crippen LogP contribution in [-0.2, 0) is 4.79 Å². The minimum Gasteiger partial charge on any atom is -0.483 e. The molecule has 0 aliphatic heterocycles. The number of rotatable bonds is 6. The van der Waals surface area contributed by atoms with Gasteiger partial charge in [-0.15, -0.1) is 0 Å². The Bertz CT molecular complexity index is 442. The molecule has 0 spiro atoms. The molecule has 1 aromatic rings. The molecule has 0 bridgehead atoms. The number of benzene rings is 1.